The van der Waals surface area contributed by atoms with Crippen LogP contribution in [-0.2, 0) is 0 Å². The molecule has 0 saturated carbocycles. The molecule has 0 bridgehead atoms. The summed E-state index contributed by atoms with van der Waals surface area (Å²) in [4.78, 5) is 14.0. The van der Waals surface area contributed by atoms with E-state index in [9.17, 15) is 9.18 Å². The minimum absolute atomic E-state index is 0.103. The van der Waals surface area contributed by atoms with Crippen LogP contribution in [0.15, 0.2) is 24.3 Å². The minimum Gasteiger partial charge on any atom is -0.325 e. The van der Waals surface area contributed by atoms with Gasteiger partial charge in [0.25, 0.3) is 0 Å². The monoisotopic (exact) mass is 266 g/mol. The number of hydrogen-bond donors (Lipinski definition) is 1. The molecular formula is C15H23FN2O. The number of halogens is 1. The zero-order chi connectivity index (χ0) is 14.1. The van der Waals surface area contributed by atoms with Crippen molar-refractivity contribution in [2.75, 3.05) is 18.4 Å². The standard InChI is InChI=1S/C15H23FN2O/c1-3-5-11-18(12-6-4-2)15(19)17-14-9-7-13(16)8-10-14/h7-10H,3-6,11-12H2,1-2H3,(H,17,19). The van der Waals surface area contributed by atoms with E-state index in [0.29, 0.717) is 5.69 Å². The van der Waals surface area contributed by atoms with Crippen molar-refractivity contribution in [3.8, 4) is 0 Å². The Labute approximate surface area is 114 Å². The molecule has 19 heavy (non-hydrogen) atoms. The second-order valence-corrected chi connectivity index (χ2v) is 4.63. The number of nitrogens with zero attached hydrogens (tertiary/aromatic N) is 1. The van der Waals surface area contributed by atoms with E-state index in [1.807, 2.05) is 4.90 Å². The van der Waals surface area contributed by atoms with Gasteiger partial charge in [-0.25, -0.2) is 9.18 Å². The summed E-state index contributed by atoms with van der Waals surface area (Å²) >= 11 is 0. The molecule has 0 atom stereocenters. The van der Waals surface area contributed by atoms with Gasteiger partial charge in [-0.3, -0.25) is 0 Å². The van der Waals surface area contributed by atoms with Gasteiger partial charge in [-0.1, -0.05) is 26.7 Å². The predicted octanol–water partition coefficient (Wildman–Crippen LogP) is 4.26. The summed E-state index contributed by atoms with van der Waals surface area (Å²) in [6.45, 7) is 5.75. The number of amides is 2. The zero-order valence-electron chi connectivity index (χ0n) is 11.8. The molecule has 0 spiro atoms. The molecule has 0 aliphatic rings. The van der Waals surface area contributed by atoms with Gasteiger partial charge in [0.05, 0.1) is 0 Å². The number of hydrogen-bond acceptors (Lipinski definition) is 1. The van der Waals surface area contributed by atoms with Crippen LogP contribution in [0.5, 0.6) is 0 Å². The third kappa shape index (κ3) is 5.73. The van der Waals surface area contributed by atoms with E-state index in [4.69, 9.17) is 0 Å². The minimum atomic E-state index is -0.299. The lowest BCUT2D eigenvalue weighted by Crippen LogP contribution is -2.36. The largest absolute Gasteiger partial charge is 0.325 e. The Morgan fingerprint density at radius 1 is 1.11 bits per heavy atom. The molecule has 0 heterocycles. The Kier molecular flexibility index (Phi) is 6.93. The van der Waals surface area contributed by atoms with E-state index in [0.717, 1.165) is 38.8 Å². The molecular weight excluding hydrogens is 243 g/mol. The summed E-state index contributed by atoms with van der Waals surface area (Å²) in [7, 11) is 0. The fraction of sp³-hybridized carbons (Fsp3) is 0.533. The van der Waals surface area contributed by atoms with Crippen LogP contribution >= 0.6 is 0 Å². The molecule has 0 aromatic heterocycles. The molecule has 0 saturated heterocycles. The van der Waals surface area contributed by atoms with Gasteiger partial charge in [0.15, 0.2) is 0 Å². The van der Waals surface area contributed by atoms with Crippen molar-refractivity contribution in [2.45, 2.75) is 39.5 Å². The van der Waals surface area contributed by atoms with E-state index in [1.54, 1.807) is 12.1 Å². The number of rotatable bonds is 7. The predicted molar refractivity (Wildman–Crippen MR) is 76.8 cm³/mol. The molecule has 1 aromatic carbocycles. The molecule has 0 fully saturated rings. The third-order valence-corrected chi connectivity index (χ3v) is 2.95. The molecule has 1 rings (SSSR count). The Morgan fingerprint density at radius 3 is 2.11 bits per heavy atom. The van der Waals surface area contributed by atoms with Crippen LogP contribution in [0.25, 0.3) is 0 Å². The second-order valence-electron chi connectivity index (χ2n) is 4.63. The molecule has 0 aliphatic heterocycles. The highest BCUT2D eigenvalue weighted by Crippen LogP contribution is 2.10. The molecule has 1 N–H and O–H groups in total. The number of unbranched alkanes of at least 4 members (excludes halogenated alkanes) is 2. The van der Waals surface area contributed by atoms with Gasteiger partial charge in [0, 0.05) is 18.8 Å². The van der Waals surface area contributed by atoms with Crippen LogP contribution in [0, 0.1) is 5.82 Å². The molecule has 0 aliphatic carbocycles. The highest BCUT2D eigenvalue weighted by molar-refractivity contribution is 5.89. The number of carbonyl (C=O) groups excluding carboxylic acids is 1. The topological polar surface area (TPSA) is 32.3 Å². The summed E-state index contributed by atoms with van der Waals surface area (Å²) in [5.41, 5.74) is 0.629. The smallest absolute Gasteiger partial charge is 0.321 e. The van der Waals surface area contributed by atoms with Gasteiger partial charge in [-0.2, -0.15) is 0 Å². The lowest BCUT2D eigenvalue weighted by Gasteiger charge is -2.22. The lowest BCUT2D eigenvalue weighted by atomic mass is 10.2. The van der Waals surface area contributed by atoms with Gasteiger partial charge in [-0.05, 0) is 37.1 Å². The van der Waals surface area contributed by atoms with Gasteiger partial charge >= 0.3 is 6.03 Å². The van der Waals surface area contributed by atoms with Gasteiger partial charge in [0.1, 0.15) is 5.82 Å². The Bertz CT molecular complexity index is 370. The van der Waals surface area contributed by atoms with Crippen LogP contribution in [0.3, 0.4) is 0 Å². The number of anilines is 1. The van der Waals surface area contributed by atoms with Gasteiger partial charge < -0.3 is 10.2 Å². The molecule has 1 aromatic rings. The molecule has 3 nitrogen and oxygen atoms in total. The molecule has 106 valence electrons. The Hall–Kier alpha value is -1.58. The van der Waals surface area contributed by atoms with Crippen LogP contribution in [-0.4, -0.2) is 24.0 Å². The first-order valence-corrected chi connectivity index (χ1v) is 6.98. The highest BCUT2D eigenvalue weighted by Gasteiger charge is 2.12. The number of carbonyl (C=O) groups is 1. The van der Waals surface area contributed by atoms with Crippen molar-refractivity contribution in [2.24, 2.45) is 0 Å². The van der Waals surface area contributed by atoms with Crippen molar-refractivity contribution in [1.29, 1.82) is 0 Å². The SMILES string of the molecule is CCCCN(CCCC)C(=O)Nc1ccc(F)cc1. The average Bonchev–Trinajstić information content (AvgIpc) is 2.41. The van der Waals surface area contributed by atoms with Gasteiger partial charge in [0.2, 0.25) is 0 Å². The van der Waals surface area contributed by atoms with Crippen LogP contribution in [0.1, 0.15) is 39.5 Å². The number of benzene rings is 1. The first-order chi connectivity index (χ1) is 9.17. The number of nitrogens with one attached hydrogen (secondary N) is 1. The van der Waals surface area contributed by atoms with Crippen LogP contribution < -0.4 is 5.32 Å². The summed E-state index contributed by atoms with van der Waals surface area (Å²) in [5, 5.41) is 2.81. The second kappa shape index (κ2) is 8.51. The highest BCUT2D eigenvalue weighted by atomic mass is 19.1. The third-order valence-electron chi connectivity index (χ3n) is 2.95. The lowest BCUT2D eigenvalue weighted by molar-refractivity contribution is 0.210. The van der Waals surface area contributed by atoms with Crippen molar-refractivity contribution in [1.82, 2.24) is 4.90 Å². The summed E-state index contributed by atoms with van der Waals surface area (Å²) < 4.78 is 12.8. The van der Waals surface area contributed by atoms with Crippen LogP contribution in [0.4, 0.5) is 14.9 Å². The Morgan fingerprint density at radius 2 is 1.63 bits per heavy atom. The van der Waals surface area contributed by atoms with Crippen LogP contribution in [0.2, 0.25) is 0 Å². The maximum atomic E-state index is 12.8. The summed E-state index contributed by atoms with van der Waals surface area (Å²) in [6, 6.07) is 5.74. The first-order valence-electron chi connectivity index (χ1n) is 6.98. The maximum Gasteiger partial charge on any atom is 0.321 e. The maximum absolute atomic E-state index is 12.8. The fourth-order valence-corrected chi connectivity index (χ4v) is 1.75. The fourth-order valence-electron chi connectivity index (χ4n) is 1.75. The van der Waals surface area contributed by atoms with E-state index in [1.165, 1.54) is 12.1 Å². The van der Waals surface area contributed by atoms with Crippen molar-refractivity contribution in [3.63, 3.8) is 0 Å². The van der Waals surface area contributed by atoms with E-state index >= 15 is 0 Å². The van der Waals surface area contributed by atoms with E-state index < -0.39 is 0 Å². The zero-order valence-corrected chi connectivity index (χ0v) is 11.8. The first kappa shape index (κ1) is 15.5. The van der Waals surface area contributed by atoms with Crippen molar-refractivity contribution in [3.05, 3.63) is 30.1 Å². The van der Waals surface area contributed by atoms with E-state index in [2.05, 4.69) is 19.2 Å². The van der Waals surface area contributed by atoms with E-state index in [-0.39, 0.29) is 11.8 Å². The quantitative estimate of drug-likeness (QED) is 0.785. The van der Waals surface area contributed by atoms with Crippen molar-refractivity contribution < 1.29 is 9.18 Å². The molecule has 2 amide bonds. The normalized spacial score (nSPS) is 10.3. The Balaban J connectivity index is 2.56. The molecule has 0 radical (unpaired) electrons. The molecule has 4 heteroatoms. The van der Waals surface area contributed by atoms with Gasteiger partial charge in [-0.15, -0.1) is 0 Å². The summed E-state index contributed by atoms with van der Waals surface area (Å²) in [6.07, 6.45) is 4.13. The molecule has 0 unspecified atom stereocenters. The van der Waals surface area contributed by atoms with Crippen molar-refractivity contribution >= 4 is 11.7 Å². The summed E-state index contributed by atoms with van der Waals surface area (Å²) in [5.74, 6) is -0.299. The number of urea groups is 1. The average molecular weight is 266 g/mol.